The summed E-state index contributed by atoms with van der Waals surface area (Å²) in [5, 5.41) is 28.3. The number of hydrogen-bond acceptors (Lipinski definition) is 4. The molecule has 0 radical (unpaired) electrons. The molecule has 0 aliphatic carbocycles. The first kappa shape index (κ1) is 12.5. The first-order valence-electron chi connectivity index (χ1n) is 5.70. The van der Waals surface area contributed by atoms with Crippen LogP contribution in [0.3, 0.4) is 0 Å². The van der Waals surface area contributed by atoms with E-state index in [1.54, 1.807) is 0 Å². The third-order valence-electron chi connectivity index (χ3n) is 2.87. The third-order valence-corrected chi connectivity index (χ3v) is 2.87. The second kappa shape index (κ2) is 5.62. The van der Waals surface area contributed by atoms with E-state index < -0.39 is 0 Å². The van der Waals surface area contributed by atoms with Crippen LogP contribution in [0.15, 0.2) is 36.5 Å². The van der Waals surface area contributed by atoms with Gasteiger partial charge in [-0.2, -0.15) is 0 Å². The summed E-state index contributed by atoms with van der Waals surface area (Å²) in [5.41, 5.74) is 2.33. The molecule has 3 N–H and O–H groups in total. The third kappa shape index (κ3) is 2.50. The topological polar surface area (TPSA) is 73.6 Å². The van der Waals surface area contributed by atoms with Crippen LogP contribution in [0.1, 0.15) is 22.4 Å². The Balaban J connectivity index is 2.35. The van der Waals surface area contributed by atoms with Gasteiger partial charge in [0.05, 0.1) is 18.9 Å². The van der Waals surface area contributed by atoms with Crippen LogP contribution < -0.4 is 0 Å². The summed E-state index contributed by atoms with van der Waals surface area (Å²) < 4.78 is 0. The average molecular weight is 245 g/mol. The number of hydrogen-bond donors (Lipinski definition) is 3. The Hall–Kier alpha value is -1.91. The number of benzene rings is 1. The SMILES string of the molecule is OCc1cnc(Cc2ccccc2)c(O)c1CO. The second-order valence-electron chi connectivity index (χ2n) is 4.04. The highest BCUT2D eigenvalue weighted by Crippen LogP contribution is 2.26. The number of pyridine rings is 1. The predicted molar refractivity (Wildman–Crippen MR) is 67.0 cm³/mol. The summed E-state index contributed by atoms with van der Waals surface area (Å²) in [6, 6.07) is 9.65. The van der Waals surface area contributed by atoms with E-state index >= 15 is 0 Å². The normalized spacial score (nSPS) is 10.6. The largest absolute Gasteiger partial charge is 0.506 e. The van der Waals surface area contributed by atoms with Crippen molar-refractivity contribution >= 4 is 0 Å². The maximum absolute atomic E-state index is 10.0. The lowest BCUT2D eigenvalue weighted by atomic mass is 10.0. The maximum Gasteiger partial charge on any atom is 0.143 e. The molecule has 1 aromatic heterocycles. The van der Waals surface area contributed by atoms with Crippen molar-refractivity contribution < 1.29 is 15.3 Å². The maximum atomic E-state index is 10.0. The predicted octanol–water partition coefficient (Wildman–Crippen LogP) is 1.36. The summed E-state index contributed by atoms with van der Waals surface area (Å²) in [6.07, 6.45) is 1.98. The Morgan fingerprint density at radius 3 is 2.33 bits per heavy atom. The lowest BCUT2D eigenvalue weighted by molar-refractivity contribution is 0.254. The Labute approximate surface area is 105 Å². The molecule has 2 aromatic rings. The van der Waals surface area contributed by atoms with Crippen molar-refractivity contribution in [2.75, 3.05) is 0 Å². The average Bonchev–Trinajstić information content (AvgIpc) is 2.42. The Bertz CT molecular complexity index is 526. The van der Waals surface area contributed by atoms with Crippen LogP contribution >= 0.6 is 0 Å². The van der Waals surface area contributed by atoms with Crippen molar-refractivity contribution in [2.45, 2.75) is 19.6 Å². The zero-order valence-electron chi connectivity index (χ0n) is 9.87. The van der Waals surface area contributed by atoms with E-state index in [1.807, 2.05) is 30.3 Å². The molecule has 0 bridgehead atoms. The van der Waals surface area contributed by atoms with Crippen molar-refractivity contribution in [1.82, 2.24) is 4.98 Å². The molecule has 0 atom stereocenters. The highest BCUT2D eigenvalue weighted by Gasteiger charge is 2.13. The van der Waals surface area contributed by atoms with Gasteiger partial charge in [0.1, 0.15) is 5.75 Å². The van der Waals surface area contributed by atoms with Gasteiger partial charge in [0.2, 0.25) is 0 Å². The van der Waals surface area contributed by atoms with Gasteiger partial charge in [-0.25, -0.2) is 0 Å². The van der Waals surface area contributed by atoms with Gasteiger partial charge in [-0.1, -0.05) is 30.3 Å². The summed E-state index contributed by atoms with van der Waals surface area (Å²) in [6.45, 7) is -0.561. The Morgan fingerprint density at radius 1 is 1.00 bits per heavy atom. The molecule has 4 nitrogen and oxygen atoms in total. The number of aromatic hydroxyl groups is 1. The van der Waals surface area contributed by atoms with Crippen molar-refractivity contribution in [3.8, 4) is 5.75 Å². The van der Waals surface area contributed by atoms with Crippen LogP contribution in [0, 0.1) is 0 Å². The quantitative estimate of drug-likeness (QED) is 0.760. The molecule has 1 heterocycles. The zero-order valence-corrected chi connectivity index (χ0v) is 9.87. The van der Waals surface area contributed by atoms with E-state index in [4.69, 9.17) is 5.11 Å². The number of rotatable bonds is 4. The lowest BCUT2D eigenvalue weighted by Gasteiger charge is -2.11. The molecule has 18 heavy (non-hydrogen) atoms. The van der Waals surface area contributed by atoms with Gasteiger partial charge >= 0.3 is 0 Å². The van der Waals surface area contributed by atoms with Crippen molar-refractivity contribution in [3.05, 3.63) is 58.9 Å². The highest BCUT2D eigenvalue weighted by molar-refractivity contribution is 5.42. The van der Waals surface area contributed by atoms with Gasteiger partial charge in [0.15, 0.2) is 0 Å². The molecular weight excluding hydrogens is 230 g/mol. The molecular formula is C14H15NO3. The summed E-state index contributed by atoms with van der Waals surface area (Å²) in [7, 11) is 0. The van der Waals surface area contributed by atoms with E-state index in [0.717, 1.165) is 5.56 Å². The van der Waals surface area contributed by atoms with E-state index in [0.29, 0.717) is 23.2 Å². The zero-order chi connectivity index (χ0) is 13.0. The summed E-state index contributed by atoms with van der Waals surface area (Å²) >= 11 is 0. The minimum atomic E-state index is -0.313. The number of aromatic nitrogens is 1. The van der Waals surface area contributed by atoms with E-state index in [-0.39, 0.29) is 19.0 Å². The highest BCUT2D eigenvalue weighted by atomic mass is 16.3. The lowest BCUT2D eigenvalue weighted by Crippen LogP contribution is -2.01. The number of aliphatic hydroxyl groups is 2. The number of nitrogens with zero attached hydrogens (tertiary/aromatic N) is 1. The van der Waals surface area contributed by atoms with Gasteiger partial charge in [0, 0.05) is 23.7 Å². The molecule has 2 rings (SSSR count). The molecule has 0 amide bonds. The molecule has 0 aliphatic heterocycles. The van der Waals surface area contributed by atoms with Crippen LogP contribution in [0.4, 0.5) is 0 Å². The minimum Gasteiger partial charge on any atom is -0.506 e. The van der Waals surface area contributed by atoms with Crippen LogP contribution in [-0.2, 0) is 19.6 Å². The Morgan fingerprint density at radius 2 is 1.72 bits per heavy atom. The van der Waals surface area contributed by atoms with E-state index in [2.05, 4.69) is 4.98 Å². The minimum absolute atomic E-state index is 0.0343. The molecule has 4 heteroatoms. The fourth-order valence-electron chi connectivity index (χ4n) is 1.85. The monoisotopic (exact) mass is 245 g/mol. The number of aliphatic hydroxyl groups excluding tert-OH is 2. The second-order valence-corrected chi connectivity index (χ2v) is 4.04. The van der Waals surface area contributed by atoms with Gasteiger partial charge < -0.3 is 15.3 Å². The van der Waals surface area contributed by atoms with Gasteiger partial charge in [-0.05, 0) is 5.56 Å². The molecule has 0 unspecified atom stereocenters. The van der Waals surface area contributed by atoms with Gasteiger partial charge in [-0.15, -0.1) is 0 Å². The van der Waals surface area contributed by atoms with Crippen molar-refractivity contribution in [3.63, 3.8) is 0 Å². The molecule has 1 aromatic carbocycles. The van der Waals surface area contributed by atoms with Gasteiger partial charge in [0.25, 0.3) is 0 Å². The first-order valence-corrected chi connectivity index (χ1v) is 5.70. The summed E-state index contributed by atoms with van der Waals surface area (Å²) in [5.74, 6) is -0.0343. The fraction of sp³-hybridized carbons (Fsp3) is 0.214. The van der Waals surface area contributed by atoms with E-state index in [1.165, 1.54) is 6.20 Å². The molecule has 0 spiro atoms. The fourth-order valence-corrected chi connectivity index (χ4v) is 1.85. The smallest absolute Gasteiger partial charge is 0.143 e. The molecule has 0 saturated carbocycles. The van der Waals surface area contributed by atoms with Crippen LogP contribution in [0.2, 0.25) is 0 Å². The van der Waals surface area contributed by atoms with Crippen LogP contribution in [0.25, 0.3) is 0 Å². The van der Waals surface area contributed by atoms with Crippen LogP contribution in [-0.4, -0.2) is 20.3 Å². The molecule has 0 aliphatic rings. The summed E-state index contributed by atoms with van der Waals surface area (Å²) in [4.78, 5) is 4.13. The standard InChI is InChI=1S/C14H15NO3/c16-8-11-7-15-13(14(18)12(11)9-17)6-10-4-2-1-3-5-10/h1-5,7,16-18H,6,8-9H2. The van der Waals surface area contributed by atoms with Crippen LogP contribution in [0.5, 0.6) is 5.75 Å². The van der Waals surface area contributed by atoms with Crippen molar-refractivity contribution in [1.29, 1.82) is 0 Å². The van der Waals surface area contributed by atoms with Gasteiger partial charge in [-0.3, -0.25) is 4.98 Å². The Kier molecular flexibility index (Phi) is 3.92. The first-order chi connectivity index (χ1) is 8.76. The van der Waals surface area contributed by atoms with E-state index in [9.17, 15) is 10.2 Å². The molecule has 0 saturated heterocycles. The molecule has 0 fully saturated rings. The van der Waals surface area contributed by atoms with Crippen molar-refractivity contribution in [2.24, 2.45) is 0 Å². The molecule has 94 valence electrons.